The van der Waals surface area contributed by atoms with Crippen molar-refractivity contribution in [2.45, 2.75) is 50.2 Å². The van der Waals surface area contributed by atoms with Crippen LogP contribution in [0.25, 0.3) is 21.3 Å². The second-order valence-corrected chi connectivity index (χ2v) is 12.5. The summed E-state index contributed by atoms with van der Waals surface area (Å²) < 4.78 is 27.1. The molecule has 2 aromatic heterocycles. The summed E-state index contributed by atoms with van der Waals surface area (Å²) in [4.78, 5) is 33.7. The maximum Gasteiger partial charge on any atom is 0.245 e. The number of amides is 2. The number of aryl methyl sites for hydroxylation is 1. The van der Waals surface area contributed by atoms with Crippen molar-refractivity contribution in [2.75, 3.05) is 6.54 Å². The quantitative estimate of drug-likeness (QED) is 0.473. The maximum absolute atomic E-state index is 13.2. The second-order valence-electron chi connectivity index (χ2n) is 8.81. The minimum atomic E-state index is -3.91. The lowest BCUT2D eigenvalue weighted by Crippen LogP contribution is -2.42. The number of hydrogen-bond donors (Lipinski definition) is 2. The van der Waals surface area contributed by atoms with Crippen molar-refractivity contribution >= 4 is 43.2 Å². The summed E-state index contributed by atoms with van der Waals surface area (Å²) in [6, 6.07) is 9.28. The molecule has 3 aromatic rings. The fourth-order valence-corrected chi connectivity index (χ4v) is 6.35. The Hall–Kier alpha value is -3.36. The summed E-state index contributed by atoms with van der Waals surface area (Å²) in [7, 11) is -3.91. The maximum atomic E-state index is 13.2. The van der Waals surface area contributed by atoms with Crippen LogP contribution in [-0.2, 0) is 19.4 Å². The average Bonchev–Trinajstić information content (AvgIpc) is 3.54. The minimum Gasteiger partial charge on any atom is -0.352 e. The molecule has 11 heteroatoms. The number of nitriles is 1. The van der Waals surface area contributed by atoms with Crippen LogP contribution in [0, 0.1) is 18.3 Å². The molecule has 1 atom stereocenters. The lowest BCUT2D eigenvalue weighted by Gasteiger charge is -2.17. The number of fused-ring (bicyclic) bond motifs is 1. The molecule has 4 rings (SSSR count). The van der Waals surface area contributed by atoms with Crippen LogP contribution in [0.5, 0.6) is 0 Å². The zero-order chi connectivity index (χ0) is 25.3. The lowest BCUT2D eigenvalue weighted by atomic mass is 10.0. The number of benzene rings is 1. The van der Waals surface area contributed by atoms with Crippen LogP contribution in [0.2, 0.25) is 0 Å². The summed E-state index contributed by atoms with van der Waals surface area (Å²) in [5, 5.41) is 12.1. The van der Waals surface area contributed by atoms with Crippen molar-refractivity contribution in [1.82, 2.24) is 20.6 Å². The zero-order valence-corrected chi connectivity index (χ0v) is 21.2. The third-order valence-corrected chi connectivity index (χ3v) is 9.39. The zero-order valence-electron chi connectivity index (χ0n) is 19.5. The van der Waals surface area contributed by atoms with Crippen molar-refractivity contribution in [2.24, 2.45) is 0 Å². The van der Waals surface area contributed by atoms with Gasteiger partial charge in [-0.15, -0.1) is 11.3 Å². The minimum absolute atomic E-state index is 0.141. The number of hydrogen-bond acceptors (Lipinski definition) is 8. The molecule has 1 unspecified atom stereocenters. The molecule has 1 fully saturated rings. The summed E-state index contributed by atoms with van der Waals surface area (Å²) >= 11 is 1.13. The van der Waals surface area contributed by atoms with Gasteiger partial charge in [-0.3, -0.25) is 9.59 Å². The molecule has 35 heavy (non-hydrogen) atoms. The van der Waals surface area contributed by atoms with Crippen molar-refractivity contribution in [1.29, 1.82) is 5.26 Å². The summed E-state index contributed by atoms with van der Waals surface area (Å²) in [5.41, 5.74) is 3.46. The number of nitrogens with zero attached hydrogens (tertiary/aromatic N) is 3. The SMILES string of the molecule is Cc1cc2nc(C(C(=O)NCC(=O)NC3CC3)S(=O)(=O)C(C)C)sc2cc1-c1ccc(C#N)nc1. The smallest absolute Gasteiger partial charge is 0.245 e. The predicted molar refractivity (Wildman–Crippen MR) is 133 cm³/mol. The molecule has 0 spiro atoms. The van der Waals surface area contributed by atoms with E-state index in [1.165, 1.54) is 13.8 Å². The molecule has 2 amide bonds. The topological polar surface area (TPSA) is 142 Å². The molecule has 9 nitrogen and oxygen atoms in total. The predicted octanol–water partition coefficient (Wildman–Crippen LogP) is 2.80. The highest BCUT2D eigenvalue weighted by atomic mass is 32.2. The van der Waals surface area contributed by atoms with Crippen molar-refractivity contribution < 1.29 is 18.0 Å². The second kappa shape index (κ2) is 9.71. The average molecular weight is 512 g/mol. The number of rotatable bonds is 8. The van der Waals surface area contributed by atoms with Gasteiger partial charge in [0.15, 0.2) is 15.1 Å². The molecular formula is C24H25N5O4S2. The van der Waals surface area contributed by atoms with Gasteiger partial charge in [-0.1, -0.05) is 0 Å². The summed E-state index contributed by atoms with van der Waals surface area (Å²) in [5.74, 6) is -1.11. The van der Waals surface area contributed by atoms with Crippen LogP contribution in [-0.4, -0.2) is 48.0 Å². The van der Waals surface area contributed by atoms with Gasteiger partial charge in [0.2, 0.25) is 11.8 Å². The molecule has 0 saturated heterocycles. The summed E-state index contributed by atoms with van der Waals surface area (Å²) in [6.07, 6.45) is 3.44. The van der Waals surface area contributed by atoms with E-state index in [1.807, 2.05) is 25.1 Å². The van der Waals surface area contributed by atoms with Gasteiger partial charge in [0.1, 0.15) is 16.8 Å². The van der Waals surface area contributed by atoms with E-state index in [0.29, 0.717) is 15.9 Å². The Balaban J connectivity index is 1.68. The lowest BCUT2D eigenvalue weighted by molar-refractivity contribution is -0.126. The summed E-state index contributed by atoms with van der Waals surface area (Å²) in [6.45, 7) is 4.64. The van der Waals surface area contributed by atoms with Crippen LogP contribution in [0.15, 0.2) is 30.5 Å². The van der Waals surface area contributed by atoms with Gasteiger partial charge in [0.25, 0.3) is 0 Å². The highest BCUT2D eigenvalue weighted by Crippen LogP contribution is 2.36. The molecule has 2 N–H and O–H groups in total. The first-order valence-electron chi connectivity index (χ1n) is 11.2. The van der Waals surface area contributed by atoms with Crippen LogP contribution in [0.3, 0.4) is 0 Å². The molecule has 1 saturated carbocycles. The Morgan fingerprint density at radius 3 is 2.60 bits per heavy atom. The highest BCUT2D eigenvalue weighted by Gasteiger charge is 2.39. The van der Waals surface area contributed by atoms with Crippen LogP contribution in [0.1, 0.15) is 48.2 Å². The van der Waals surface area contributed by atoms with E-state index < -0.39 is 26.2 Å². The third-order valence-electron chi connectivity index (χ3n) is 5.75. The van der Waals surface area contributed by atoms with E-state index in [2.05, 4.69) is 20.6 Å². The van der Waals surface area contributed by atoms with Gasteiger partial charge in [0.05, 0.1) is 22.0 Å². The molecular weight excluding hydrogens is 486 g/mol. The van der Waals surface area contributed by atoms with Gasteiger partial charge in [-0.2, -0.15) is 5.26 Å². The highest BCUT2D eigenvalue weighted by molar-refractivity contribution is 7.93. The number of pyridine rings is 1. The molecule has 1 aliphatic rings. The molecule has 182 valence electrons. The molecule has 0 aliphatic heterocycles. The van der Waals surface area contributed by atoms with Gasteiger partial charge in [-0.05, 0) is 69.0 Å². The fourth-order valence-electron chi connectivity index (χ4n) is 3.58. The molecule has 1 aliphatic carbocycles. The molecule has 1 aromatic carbocycles. The van der Waals surface area contributed by atoms with E-state index in [0.717, 1.165) is 40.9 Å². The first-order chi connectivity index (χ1) is 16.6. The van der Waals surface area contributed by atoms with E-state index in [-0.39, 0.29) is 23.5 Å². The number of carbonyl (C=O) groups is 2. The van der Waals surface area contributed by atoms with Crippen LogP contribution < -0.4 is 10.6 Å². The Morgan fingerprint density at radius 1 is 1.26 bits per heavy atom. The van der Waals surface area contributed by atoms with E-state index in [4.69, 9.17) is 5.26 Å². The monoisotopic (exact) mass is 511 g/mol. The van der Waals surface area contributed by atoms with Crippen molar-refractivity contribution in [3.05, 3.63) is 46.7 Å². The fraction of sp³-hybridized carbons (Fsp3) is 0.375. The molecule has 0 radical (unpaired) electrons. The van der Waals surface area contributed by atoms with Gasteiger partial charge in [0, 0.05) is 17.8 Å². The number of carbonyl (C=O) groups excluding carboxylic acids is 2. The van der Waals surface area contributed by atoms with Gasteiger partial charge < -0.3 is 10.6 Å². The van der Waals surface area contributed by atoms with Crippen molar-refractivity contribution in [3.63, 3.8) is 0 Å². The Bertz CT molecular complexity index is 1440. The van der Waals surface area contributed by atoms with Gasteiger partial charge in [-0.25, -0.2) is 18.4 Å². The van der Waals surface area contributed by atoms with Crippen molar-refractivity contribution in [3.8, 4) is 17.2 Å². The number of aromatic nitrogens is 2. The van der Waals surface area contributed by atoms with Crippen LogP contribution >= 0.6 is 11.3 Å². The first-order valence-corrected chi connectivity index (χ1v) is 13.6. The Morgan fingerprint density at radius 2 is 2.00 bits per heavy atom. The Kier molecular flexibility index (Phi) is 6.87. The third kappa shape index (κ3) is 5.33. The normalized spacial score (nSPS) is 14.5. The number of nitrogens with one attached hydrogen (secondary N) is 2. The van der Waals surface area contributed by atoms with E-state index in [9.17, 15) is 18.0 Å². The Labute approximate surface area is 207 Å². The number of sulfone groups is 1. The largest absolute Gasteiger partial charge is 0.352 e. The molecule has 2 heterocycles. The van der Waals surface area contributed by atoms with E-state index >= 15 is 0 Å². The first kappa shape index (κ1) is 24.8. The number of thiazole rings is 1. The molecule has 0 bridgehead atoms. The standard InChI is InChI=1S/C24H25N5O4S2/c1-13(2)35(32,33)22(23(31)27-12-21(30)28-16-6-7-16)24-29-19-8-14(3)18(9-20(19)34-24)15-4-5-17(10-25)26-11-15/h4-5,8-9,11,13,16,22H,6-7,12H2,1-3H3,(H,27,31)(H,28,30). The van der Waals surface area contributed by atoms with Gasteiger partial charge >= 0.3 is 0 Å². The van der Waals surface area contributed by atoms with Crippen LogP contribution in [0.4, 0.5) is 0 Å². The van der Waals surface area contributed by atoms with E-state index in [1.54, 1.807) is 18.3 Å².